The van der Waals surface area contributed by atoms with Gasteiger partial charge < -0.3 is 11.1 Å². The Balaban J connectivity index is 1.57. The number of nitrogens with two attached hydrogens (primary N) is 1. The van der Waals surface area contributed by atoms with Gasteiger partial charge in [0.15, 0.2) is 0 Å². The molecule has 0 saturated carbocycles. The molecule has 138 valence electrons. The third kappa shape index (κ3) is 3.85. The maximum atomic E-state index is 12.4. The number of halogens is 1. The van der Waals surface area contributed by atoms with Gasteiger partial charge in [0.2, 0.25) is 0 Å². The van der Waals surface area contributed by atoms with Crippen LogP contribution in [0.2, 0.25) is 5.02 Å². The van der Waals surface area contributed by atoms with Crippen molar-refractivity contribution in [3.63, 3.8) is 0 Å². The Labute approximate surface area is 170 Å². The smallest absolute Gasteiger partial charge is 0.255 e. The number of carbonyl (C=O) groups is 1. The molecular weight excluding hydrogens is 394 g/mol. The standard InChI is InChI=1S/C20H14ClN5OS/c21-14-6-4-12(5-7-14)19(27)25-15-3-1-2-13(8-15)17-10-28-20(26-17)16-9-23-11-24-18(16)22/h1-11H,(H,25,27)(H2,22,23,24). The van der Waals surface area contributed by atoms with Crippen LogP contribution in [0.4, 0.5) is 11.5 Å². The SMILES string of the molecule is Nc1ncncc1-c1nc(-c2cccc(NC(=O)c3ccc(Cl)cc3)c2)cs1. The van der Waals surface area contributed by atoms with Crippen molar-refractivity contribution >= 4 is 40.4 Å². The van der Waals surface area contributed by atoms with Gasteiger partial charge in [0.1, 0.15) is 17.2 Å². The van der Waals surface area contributed by atoms with Crippen LogP contribution in [0.5, 0.6) is 0 Å². The number of thiazole rings is 1. The summed E-state index contributed by atoms with van der Waals surface area (Å²) in [4.78, 5) is 25.0. The van der Waals surface area contributed by atoms with Crippen molar-refractivity contribution in [2.75, 3.05) is 11.1 Å². The molecule has 4 aromatic rings. The normalized spacial score (nSPS) is 10.6. The maximum Gasteiger partial charge on any atom is 0.255 e. The van der Waals surface area contributed by atoms with Gasteiger partial charge >= 0.3 is 0 Å². The van der Waals surface area contributed by atoms with Crippen LogP contribution >= 0.6 is 22.9 Å². The maximum absolute atomic E-state index is 12.4. The fraction of sp³-hybridized carbons (Fsp3) is 0. The van der Waals surface area contributed by atoms with Gasteiger partial charge in [0.25, 0.3) is 5.91 Å². The Bertz CT molecular complexity index is 1140. The molecule has 2 heterocycles. The molecule has 6 nitrogen and oxygen atoms in total. The van der Waals surface area contributed by atoms with Crippen LogP contribution in [0, 0.1) is 0 Å². The highest BCUT2D eigenvalue weighted by Crippen LogP contribution is 2.31. The number of rotatable bonds is 4. The molecular formula is C20H14ClN5OS. The molecule has 0 radical (unpaired) electrons. The Morgan fingerprint density at radius 1 is 1.14 bits per heavy atom. The van der Waals surface area contributed by atoms with Gasteiger partial charge in [-0.3, -0.25) is 4.79 Å². The van der Waals surface area contributed by atoms with E-state index >= 15 is 0 Å². The molecule has 4 rings (SSSR count). The molecule has 8 heteroatoms. The molecule has 1 amide bonds. The molecule has 28 heavy (non-hydrogen) atoms. The summed E-state index contributed by atoms with van der Waals surface area (Å²) < 4.78 is 0. The molecule has 2 aromatic heterocycles. The molecule has 0 bridgehead atoms. The number of carbonyl (C=O) groups excluding carboxylic acids is 1. The van der Waals surface area contributed by atoms with Crippen molar-refractivity contribution in [1.29, 1.82) is 0 Å². The van der Waals surface area contributed by atoms with E-state index in [9.17, 15) is 4.79 Å². The molecule has 2 aromatic carbocycles. The fourth-order valence-electron chi connectivity index (χ4n) is 2.59. The van der Waals surface area contributed by atoms with Crippen LogP contribution in [0.15, 0.2) is 66.4 Å². The number of nitrogen functional groups attached to an aromatic ring is 1. The molecule has 0 aliphatic rings. The number of nitrogens with one attached hydrogen (secondary N) is 1. The zero-order chi connectivity index (χ0) is 19.5. The van der Waals surface area contributed by atoms with Gasteiger partial charge in [0, 0.05) is 33.4 Å². The summed E-state index contributed by atoms with van der Waals surface area (Å²) in [6.45, 7) is 0. The molecule has 0 saturated heterocycles. The van der Waals surface area contributed by atoms with E-state index in [1.54, 1.807) is 30.5 Å². The van der Waals surface area contributed by atoms with Crippen LogP contribution in [0.25, 0.3) is 21.8 Å². The number of aromatic nitrogens is 3. The Hall–Kier alpha value is -3.29. The number of hydrogen-bond acceptors (Lipinski definition) is 6. The lowest BCUT2D eigenvalue weighted by Gasteiger charge is -2.07. The van der Waals surface area contributed by atoms with Gasteiger partial charge in [-0.15, -0.1) is 11.3 Å². The second-order valence-corrected chi connectivity index (χ2v) is 7.20. The highest BCUT2D eigenvalue weighted by atomic mass is 35.5. The summed E-state index contributed by atoms with van der Waals surface area (Å²) in [6.07, 6.45) is 3.05. The van der Waals surface area contributed by atoms with E-state index in [2.05, 4.69) is 20.3 Å². The average Bonchev–Trinajstić information content (AvgIpc) is 3.19. The van der Waals surface area contributed by atoms with Crippen molar-refractivity contribution in [2.45, 2.75) is 0 Å². The Morgan fingerprint density at radius 3 is 2.75 bits per heavy atom. The fourth-order valence-corrected chi connectivity index (χ4v) is 3.57. The molecule has 3 N–H and O–H groups in total. The number of hydrogen-bond donors (Lipinski definition) is 2. The lowest BCUT2D eigenvalue weighted by molar-refractivity contribution is 0.102. The molecule has 0 spiro atoms. The summed E-state index contributed by atoms with van der Waals surface area (Å²) in [5.74, 6) is 0.182. The van der Waals surface area contributed by atoms with E-state index in [0.29, 0.717) is 27.7 Å². The van der Waals surface area contributed by atoms with Gasteiger partial charge in [0.05, 0.1) is 11.3 Å². The van der Waals surface area contributed by atoms with E-state index in [-0.39, 0.29) is 5.91 Å². The lowest BCUT2D eigenvalue weighted by atomic mass is 10.1. The molecule has 0 atom stereocenters. The van der Waals surface area contributed by atoms with E-state index in [1.165, 1.54) is 17.7 Å². The van der Waals surface area contributed by atoms with Gasteiger partial charge in [-0.1, -0.05) is 23.7 Å². The second-order valence-electron chi connectivity index (χ2n) is 5.90. The molecule has 0 fully saturated rings. The zero-order valence-electron chi connectivity index (χ0n) is 14.5. The van der Waals surface area contributed by atoms with Crippen LogP contribution in [-0.2, 0) is 0 Å². The van der Waals surface area contributed by atoms with Crippen molar-refractivity contribution in [3.05, 3.63) is 77.0 Å². The van der Waals surface area contributed by atoms with Gasteiger partial charge in [-0.2, -0.15) is 0 Å². The number of anilines is 2. The number of benzene rings is 2. The first-order valence-corrected chi connectivity index (χ1v) is 9.54. The van der Waals surface area contributed by atoms with Crippen LogP contribution in [-0.4, -0.2) is 20.9 Å². The first-order chi connectivity index (χ1) is 13.6. The van der Waals surface area contributed by atoms with Gasteiger partial charge in [-0.05, 0) is 36.4 Å². The Kier molecular flexibility index (Phi) is 5.01. The lowest BCUT2D eigenvalue weighted by Crippen LogP contribution is -2.11. The zero-order valence-corrected chi connectivity index (χ0v) is 16.0. The first kappa shape index (κ1) is 18.1. The minimum atomic E-state index is -0.206. The highest BCUT2D eigenvalue weighted by Gasteiger charge is 2.11. The minimum Gasteiger partial charge on any atom is -0.383 e. The molecule has 0 aliphatic heterocycles. The van der Waals surface area contributed by atoms with E-state index < -0.39 is 0 Å². The summed E-state index contributed by atoms with van der Waals surface area (Å²) in [7, 11) is 0. The first-order valence-electron chi connectivity index (χ1n) is 8.29. The van der Waals surface area contributed by atoms with E-state index in [4.69, 9.17) is 17.3 Å². The van der Waals surface area contributed by atoms with E-state index in [1.807, 2.05) is 29.6 Å². The molecule has 0 aliphatic carbocycles. The van der Waals surface area contributed by atoms with Crippen molar-refractivity contribution < 1.29 is 4.79 Å². The van der Waals surface area contributed by atoms with Crippen LogP contribution in [0.3, 0.4) is 0 Å². The predicted octanol–water partition coefficient (Wildman–Crippen LogP) is 4.76. The summed E-state index contributed by atoms with van der Waals surface area (Å²) in [5, 5.41) is 6.15. The topological polar surface area (TPSA) is 93.8 Å². The monoisotopic (exact) mass is 407 g/mol. The third-order valence-electron chi connectivity index (χ3n) is 4.00. The van der Waals surface area contributed by atoms with Crippen molar-refractivity contribution in [1.82, 2.24) is 15.0 Å². The van der Waals surface area contributed by atoms with Crippen molar-refractivity contribution in [2.24, 2.45) is 0 Å². The van der Waals surface area contributed by atoms with Gasteiger partial charge in [-0.25, -0.2) is 15.0 Å². The number of nitrogens with zero attached hydrogens (tertiary/aromatic N) is 3. The third-order valence-corrected chi connectivity index (χ3v) is 5.13. The Morgan fingerprint density at radius 2 is 1.96 bits per heavy atom. The highest BCUT2D eigenvalue weighted by molar-refractivity contribution is 7.13. The number of amides is 1. The summed E-state index contributed by atoms with van der Waals surface area (Å²) in [5.41, 5.74) is 9.48. The largest absolute Gasteiger partial charge is 0.383 e. The average molecular weight is 408 g/mol. The summed E-state index contributed by atoms with van der Waals surface area (Å²) in [6, 6.07) is 14.2. The minimum absolute atomic E-state index is 0.206. The van der Waals surface area contributed by atoms with E-state index in [0.717, 1.165) is 16.3 Å². The predicted molar refractivity (Wildman–Crippen MR) is 112 cm³/mol. The van der Waals surface area contributed by atoms with Crippen molar-refractivity contribution in [3.8, 4) is 21.8 Å². The molecule has 0 unspecified atom stereocenters. The summed E-state index contributed by atoms with van der Waals surface area (Å²) >= 11 is 7.33. The van der Waals surface area contributed by atoms with Crippen LogP contribution < -0.4 is 11.1 Å². The quantitative estimate of drug-likeness (QED) is 0.508. The second kappa shape index (κ2) is 7.75. The van der Waals surface area contributed by atoms with Crippen LogP contribution in [0.1, 0.15) is 10.4 Å².